The summed E-state index contributed by atoms with van der Waals surface area (Å²) in [6.07, 6.45) is 1.20. The molecule has 2 N–H and O–H groups in total. The quantitative estimate of drug-likeness (QED) is 0.511. The van der Waals surface area contributed by atoms with Gasteiger partial charge in [-0.2, -0.15) is 4.72 Å². The van der Waals surface area contributed by atoms with E-state index < -0.39 is 22.0 Å². The van der Waals surface area contributed by atoms with Crippen LogP contribution < -0.4 is 14.9 Å². The zero-order chi connectivity index (χ0) is 21.6. The van der Waals surface area contributed by atoms with Gasteiger partial charge in [0.15, 0.2) is 0 Å². The predicted molar refractivity (Wildman–Crippen MR) is 110 cm³/mol. The topological polar surface area (TPSA) is 108 Å². The van der Waals surface area contributed by atoms with Gasteiger partial charge >= 0.3 is 5.97 Å². The fourth-order valence-corrected chi connectivity index (χ4v) is 4.59. The number of sulfonamides is 1. The molecule has 0 saturated carbocycles. The Bertz CT molecular complexity index is 841. The van der Waals surface area contributed by atoms with Crippen LogP contribution >= 0.6 is 0 Å². The van der Waals surface area contributed by atoms with Crippen molar-refractivity contribution in [2.24, 2.45) is 0 Å². The lowest BCUT2D eigenvalue weighted by Crippen LogP contribution is -2.47. The Balaban J connectivity index is 2.22. The Morgan fingerprint density at radius 3 is 2.66 bits per heavy atom. The van der Waals surface area contributed by atoms with Gasteiger partial charge in [0.05, 0.1) is 4.90 Å². The highest BCUT2D eigenvalue weighted by Gasteiger charge is 2.30. The first-order valence-electron chi connectivity index (χ1n) is 9.55. The first-order valence-corrected chi connectivity index (χ1v) is 11.0. The van der Waals surface area contributed by atoms with E-state index in [0.717, 1.165) is 6.42 Å². The Morgan fingerprint density at radius 1 is 1.34 bits per heavy atom. The number of esters is 1. The van der Waals surface area contributed by atoms with Gasteiger partial charge in [-0.1, -0.05) is 6.07 Å². The van der Waals surface area contributed by atoms with Gasteiger partial charge in [-0.25, -0.2) is 8.42 Å². The Morgan fingerprint density at radius 2 is 2.07 bits per heavy atom. The lowest BCUT2D eigenvalue weighted by molar-refractivity contribution is -0.145. The van der Waals surface area contributed by atoms with Gasteiger partial charge in [-0.3, -0.25) is 9.59 Å². The maximum absolute atomic E-state index is 13.0. The minimum atomic E-state index is -4.01. The minimum absolute atomic E-state index is 0.0202. The van der Waals surface area contributed by atoms with Crippen LogP contribution in [0.15, 0.2) is 23.1 Å². The first-order chi connectivity index (χ1) is 13.7. The van der Waals surface area contributed by atoms with Crippen LogP contribution in [-0.2, 0) is 24.3 Å². The summed E-state index contributed by atoms with van der Waals surface area (Å²) in [4.78, 5) is 27.9. The smallest absolute Gasteiger partial charge is 0.325 e. The normalized spacial score (nSPS) is 15.8. The minimum Gasteiger partial charge on any atom is -0.463 e. The third-order valence-electron chi connectivity index (χ3n) is 4.68. The number of rotatable bonds is 10. The van der Waals surface area contributed by atoms with Gasteiger partial charge in [-0.15, -0.1) is 0 Å². The molecule has 2 rings (SSSR count). The molecule has 1 atom stereocenters. The van der Waals surface area contributed by atoms with E-state index in [2.05, 4.69) is 10.0 Å². The van der Waals surface area contributed by atoms with Gasteiger partial charge in [0.25, 0.3) is 0 Å². The molecule has 162 valence electrons. The molecule has 1 aliphatic rings. The average molecular weight is 427 g/mol. The number of likely N-dealkylation sites (N-methyl/N-ethyl adjacent to an activating group) is 2. The van der Waals surface area contributed by atoms with Crippen LogP contribution in [0.1, 0.15) is 18.4 Å². The van der Waals surface area contributed by atoms with Gasteiger partial charge in [0.1, 0.15) is 12.6 Å². The molecule has 9 nitrogen and oxygen atoms in total. The summed E-state index contributed by atoms with van der Waals surface area (Å²) in [5, 5.41) is 2.81. The summed E-state index contributed by atoms with van der Waals surface area (Å²) < 4.78 is 33.7. The van der Waals surface area contributed by atoms with Crippen molar-refractivity contribution in [1.82, 2.24) is 14.9 Å². The Hall–Kier alpha value is -2.01. The number of anilines is 1. The highest BCUT2D eigenvalue weighted by Crippen LogP contribution is 2.29. The lowest BCUT2D eigenvalue weighted by atomic mass is 10.2. The summed E-state index contributed by atoms with van der Waals surface area (Å²) in [5.74, 6) is -0.665. The van der Waals surface area contributed by atoms with Gasteiger partial charge < -0.3 is 19.9 Å². The van der Waals surface area contributed by atoms with E-state index in [1.165, 1.54) is 6.07 Å². The van der Waals surface area contributed by atoms with E-state index in [9.17, 15) is 18.0 Å². The van der Waals surface area contributed by atoms with Gasteiger partial charge in [0.2, 0.25) is 15.9 Å². The molecule has 29 heavy (non-hydrogen) atoms. The molecule has 0 aromatic heterocycles. The molecule has 1 aromatic rings. The summed E-state index contributed by atoms with van der Waals surface area (Å²) >= 11 is 0. The summed E-state index contributed by atoms with van der Waals surface area (Å²) in [5.41, 5.74) is 1.05. The van der Waals surface area contributed by atoms with Crippen molar-refractivity contribution in [2.75, 3.05) is 52.3 Å². The maximum Gasteiger partial charge on any atom is 0.325 e. The maximum atomic E-state index is 13.0. The number of carbonyl (C=O) groups excluding carboxylic acids is 2. The number of nitrogens with one attached hydrogen (secondary N) is 2. The number of amides is 1. The number of ether oxygens (including phenoxy) is 1. The van der Waals surface area contributed by atoms with Crippen LogP contribution in [-0.4, -0.2) is 78.6 Å². The Labute approximate surface area is 172 Å². The summed E-state index contributed by atoms with van der Waals surface area (Å²) in [6, 6.07) is 3.74. The SMILES string of the molecule is CNC[C@H](NS(=O)(=O)c1cccc(N2CCCC2=O)c1C)C(=O)OCCN(C)C. The number of nitrogens with zero attached hydrogens (tertiary/aromatic N) is 2. The molecule has 0 aliphatic carbocycles. The van der Waals surface area contributed by atoms with Crippen LogP contribution in [0.5, 0.6) is 0 Å². The highest BCUT2D eigenvalue weighted by atomic mass is 32.2. The summed E-state index contributed by atoms with van der Waals surface area (Å²) in [7, 11) is 1.32. The molecule has 0 radical (unpaired) electrons. The number of hydrogen-bond donors (Lipinski definition) is 2. The van der Waals surface area contributed by atoms with E-state index in [1.807, 2.05) is 19.0 Å². The van der Waals surface area contributed by atoms with Crippen LogP contribution in [0, 0.1) is 6.92 Å². The van der Waals surface area contributed by atoms with E-state index in [4.69, 9.17) is 4.74 Å². The second-order valence-corrected chi connectivity index (χ2v) is 8.93. The van der Waals surface area contributed by atoms with Crippen molar-refractivity contribution in [2.45, 2.75) is 30.7 Å². The number of carbonyl (C=O) groups is 2. The molecule has 1 aromatic carbocycles. The molecule has 1 saturated heterocycles. The molecule has 0 bridgehead atoms. The number of hydrogen-bond acceptors (Lipinski definition) is 7. The fraction of sp³-hybridized carbons (Fsp3) is 0.579. The van der Waals surface area contributed by atoms with Crippen molar-refractivity contribution < 1.29 is 22.7 Å². The monoisotopic (exact) mass is 426 g/mol. The zero-order valence-electron chi connectivity index (χ0n) is 17.4. The molecule has 1 amide bonds. The third kappa shape index (κ3) is 5.99. The van der Waals surface area contributed by atoms with Crippen molar-refractivity contribution >= 4 is 27.6 Å². The van der Waals surface area contributed by atoms with Crippen LogP contribution in [0.3, 0.4) is 0 Å². The lowest BCUT2D eigenvalue weighted by Gasteiger charge is -2.22. The molecule has 0 spiro atoms. The average Bonchev–Trinajstić information content (AvgIpc) is 3.06. The molecule has 1 heterocycles. The predicted octanol–water partition coefficient (Wildman–Crippen LogP) is 0.0929. The third-order valence-corrected chi connectivity index (χ3v) is 6.30. The van der Waals surface area contributed by atoms with Crippen LogP contribution in [0.25, 0.3) is 0 Å². The number of benzene rings is 1. The molecule has 10 heteroatoms. The second-order valence-electron chi connectivity index (χ2n) is 7.25. The van der Waals surface area contributed by atoms with E-state index >= 15 is 0 Å². The van der Waals surface area contributed by atoms with Gasteiger partial charge in [0, 0.05) is 31.7 Å². The van der Waals surface area contributed by atoms with Crippen molar-refractivity contribution in [3.05, 3.63) is 23.8 Å². The van der Waals surface area contributed by atoms with E-state index in [1.54, 1.807) is 31.0 Å². The van der Waals surface area contributed by atoms with Crippen molar-refractivity contribution in [3.8, 4) is 0 Å². The molecule has 0 unspecified atom stereocenters. The highest BCUT2D eigenvalue weighted by molar-refractivity contribution is 7.89. The van der Waals surface area contributed by atoms with Gasteiger partial charge in [-0.05, 0) is 52.2 Å². The molecular formula is C19H30N4O5S. The fourth-order valence-electron chi connectivity index (χ4n) is 3.15. The molecule has 1 fully saturated rings. The van der Waals surface area contributed by atoms with Crippen molar-refractivity contribution in [1.29, 1.82) is 0 Å². The molecule has 1 aliphatic heterocycles. The molecular weight excluding hydrogens is 396 g/mol. The van der Waals surface area contributed by atoms with Crippen LogP contribution in [0.4, 0.5) is 5.69 Å². The van der Waals surface area contributed by atoms with Crippen molar-refractivity contribution in [3.63, 3.8) is 0 Å². The van der Waals surface area contributed by atoms with E-state index in [-0.39, 0.29) is 24.0 Å². The second kappa shape index (κ2) is 10.1. The van der Waals surface area contributed by atoms with Crippen LogP contribution in [0.2, 0.25) is 0 Å². The summed E-state index contributed by atoms with van der Waals surface area (Å²) in [6.45, 7) is 3.02. The zero-order valence-corrected chi connectivity index (χ0v) is 18.2. The van der Waals surface area contributed by atoms with E-state index in [0.29, 0.717) is 30.8 Å². The first kappa shape index (κ1) is 23.3. The standard InChI is InChI=1S/C19H30N4O5S/c1-14-16(23-10-6-9-18(23)24)7-5-8-17(14)29(26,27)21-15(13-20-2)19(25)28-12-11-22(3)4/h5,7-8,15,20-21H,6,9-13H2,1-4H3/t15-/m0/s1. The largest absolute Gasteiger partial charge is 0.463 e. The Kier molecular flexibility index (Phi) is 8.14.